The van der Waals surface area contributed by atoms with Gasteiger partial charge in [-0.1, -0.05) is 35.5 Å². The lowest BCUT2D eigenvalue weighted by atomic mass is 10.2. The van der Waals surface area contributed by atoms with Crippen LogP contribution in [0.25, 0.3) is 16.6 Å². The number of benzene rings is 2. The summed E-state index contributed by atoms with van der Waals surface area (Å²) in [5, 5.41) is 9.37. The Hall–Kier alpha value is -2.36. The molecule has 0 bridgehead atoms. The van der Waals surface area contributed by atoms with Gasteiger partial charge in [-0.15, -0.1) is 0 Å². The molecule has 3 rings (SSSR count). The van der Waals surface area contributed by atoms with Crippen LogP contribution in [0.2, 0.25) is 5.02 Å². The minimum absolute atomic E-state index is 0.0863. The SMILES string of the molecule is C[C@H](C#N)Sc1nc2ccccc2c(=O)n1-c1ccc(F)c(Cl)c1. The van der Waals surface area contributed by atoms with Gasteiger partial charge in [0.25, 0.3) is 5.56 Å². The number of aromatic nitrogens is 2. The van der Waals surface area contributed by atoms with Crippen molar-refractivity contribution in [1.82, 2.24) is 9.55 Å². The van der Waals surface area contributed by atoms with E-state index >= 15 is 0 Å². The van der Waals surface area contributed by atoms with Crippen molar-refractivity contribution in [3.63, 3.8) is 0 Å². The molecule has 0 saturated carbocycles. The smallest absolute Gasteiger partial charge is 0.266 e. The van der Waals surface area contributed by atoms with Crippen LogP contribution in [-0.4, -0.2) is 14.8 Å². The number of para-hydroxylation sites is 1. The molecule has 0 saturated heterocycles. The predicted octanol–water partition coefficient (Wildman–Crippen LogP) is 4.18. The third-order valence-corrected chi connectivity index (χ3v) is 4.60. The fourth-order valence-corrected chi connectivity index (χ4v) is 3.22. The molecule has 7 heteroatoms. The van der Waals surface area contributed by atoms with E-state index in [9.17, 15) is 9.18 Å². The first-order valence-corrected chi connectivity index (χ1v) is 8.30. The van der Waals surface area contributed by atoms with Gasteiger partial charge in [0.1, 0.15) is 5.82 Å². The molecule has 0 amide bonds. The van der Waals surface area contributed by atoms with E-state index in [2.05, 4.69) is 11.1 Å². The van der Waals surface area contributed by atoms with Crippen LogP contribution < -0.4 is 5.56 Å². The number of thioether (sulfide) groups is 1. The third kappa shape index (κ3) is 3.01. The Morgan fingerprint density at radius 3 is 2.79 bits per heavy atom. The first-order valence-electron chi connectivity index (χ1n) is 7.04. The van der Waals surface area contributed by atoms with E-state index in [1.54, 1.807) is 31.2 Å². The summed E-state index contributed by atoms with van der Waals surface area (Å²) >= 11 is 7.01. The van der Waals surface area contributed by atoms with Crippen LogP contribution in [0.1, 0.15) is 6.92 Å². The number of halogens is 2. The zero-order valence-electron chi connectivity index (χ0n) is 12.5. The molecule has 0 N–H and O–H groups in total. The maximum absolute atomic E-state index is 13.5. The minimum atomic E-state index is -0.568. The molecule has 0 spiro atoms. The number of nitrogens with zero attached hydrogens (tertiary/aromatic N) is 3. The van der Waals surface area contributed by atoms with Crippen LogP contribution in [0.4, 0.5) is 4.39 Å². The van der Waals surface area contributed by atoms with E-state index in [4.69, 9.17) is 16.9 Å². The average molecular weight is 360 g/mol. The fraction of sp³-hybridized carbons (Fsp3) is 0.118. The summed E-state index contributed by atoms with van der Waals surface area (Å²) in [6.45, 7) is 1.72. The standard InChI is InChI=1S/C17H11ClFN3OS/c1-10(9-20)24-17-21-15-5-3-2-4-12(15)16(23)22(17)11-6-7-14(19)13(18)8-11/h2-8,10H,1H3/t10-/m1/s1. The molecule has 0 aliphatic heterocycles. The molecule has 1 aromatic heterocycles. The van der Waals surface area contributed by atoms with Gasteiger partial charge in [-0.25, -0.2) is 9.37 Å². The molecule has 0 unspecified atom stereocenters. The Morgan fingerprint density at radius 2 is 2.08 bits per heavy atom. The maximum atomic E-state index is 13.5. The van der Waals surface area contributed by atoms with Gasteiger partial charge in [-0.2, -0.15) is 5.26 Å². The van der Waals surface area contributed by atoms with E-state index in [1.165, 1.54) is 22.8 Å². The first kappa shape index (κ1) is 16.5. The van der Waals surface area contributed by atoms with Crippen LogP contribution in [0, 0.1) is 17.1 Å². The summed E-state index contributed by atoms with van der Waals surface area (Å²) in [5.41, 5.74) is 0.646. The van der Waals surface area contributed by atoms with E-state index in [-0.39, 0.29) is 10.6 Å². The van der Waals surface area contributed by atoms with Crippen molar-refractivity contribution >= 4 is 34.3 Å². The second-order valence-electron chi connectivity index (χ2n) is 5.04. The van der Waals surface area contributed by atoms with Crippen molar-refractivity contribution in [2.45, 2.75) is 17.3 Å². The van der Waals surface area contributed by atoms with Gasteiger partial charge in [0.2, 0.25) is 0 Å². The van der Waals surface area contributed by atoms with Gasteiger partial charge in [0, 0.05) is 0 Å². The molecule has 2 aromatic carbocycles. The summed E-state index contributed by atoms with van der Waals surface area (Å²) in [4.78, 5) is 17.4. The lowest BCUT2D eigenvalue weighted by Crippen LogP contribution is -2.22. The highest BCUT2D eigenvalue weighted by molar-refractivity contribution is 8.00. The van der Waals surface area contributed by atoms with E-state index in [0.717, 1.165) is 11.8 Å². The van der Waals surface area contributed by atoms with Crippen LogP contribution in [0.5, 0.6) is 0 Å². The van der Waals surface area contributed by atoms with Crippen molar-refractivity contribution in [2.24, 2.45) is 0 Å². The van der Waals surface area contributed by atoms with Gasteiger partial charge in [-0.3, -0.25) is 9.36 Å². The number of fused-ring (bicyclic) bond motifs is 1. The molecule has 0 aliphatic carbocycles. The molecule has 120 valence electrons. The van der Waals surface area contributed by atoms with Gasteiger partial charge >= 0.3 is 0 Å². The third-order valence-electron chi connectivity index (χ3n) is 3.37. The summed E-state index contributed by atoms with van der Waals surface area (Å²) in [7, 11) is 0. The molecule has 0 fully saturated rings. The quantitative estimate of drug-likeness (QED) is 0.520. The lowest BCUT2D eigenvalue weighted by molar-refractivity contribution is 0.627. The Balaban J connectivity index is 2.32. The van der Waals surface area contributed by atoms with Crippen molar-refractivity contribution < 1.29 is 4.39 Å². The molecule has 0 aliphatic rings. The lowest BCUT2D eigenvalue weighted by Gasteiger charge is -2.14. The van der Waals surface area contributed by atoms with Crippen LogP contribution >= 0.6 is 23.4 Å². The van der Waals surface area contributed by atoms with Crippen LogP contribution in [-0.2, 0) is 0 Å². The highest BCUT2D eigenvalue weighted by Crippen LogP contribution is 2.26. The Morgan fingerprint density at radius 1 is 1.33 bits per heavy atom. The zero-order chi connectivity index (χ0) is 17.3. The summed E-state index contributed by atoms with van der Waals surface area (Å²) in [6.07, 6.45) is 0. The summed E-state index contributed by atoms with van der Waals surface area (Å²) in [6, 6.07) is 13.1. The zero-order valence-corrected chi connectivity index (χ0v) is 14.1. The second-order valence-corrected chi connectivity index (χ2v) is 6.75. The number of nitriles is 1. The van der Waals surface area contributed by atoms with Crippen molar-refractivity contribution in [3.8, 4) is 11.8 Å². The van der Waals surface area contributed by atoms with E-state index in [1.807, 2.05) is 0 Å². The average Bonchev–Trinajstić information content (AvgIpc) is 2.58. The molecule has 3 aromatic rings. The molecule has 24 heavy (non-hydrogen) atoms. The number of hydrogen-bond acceptors (Lipinski definition) is 4. The second kappa shape index (κ2) is 6.63. The minimum Gasteiger partial charge on any atom is -0.268 e. The largest absolute Gasteiger partial charge is 0.268 e. The van der Waals surface area contributed by atoms with Crippen LogP contribution in [0.3, 0.4) is 0 Å². The van der Waals surface area contributed by atoms with Gasteiger partial charge in [0.05, 0.1) is 32.9 Å². The molecular weight excluding hydrogens is 349 g/mol. The normalized spacial score (nSPS) is 12.1. The van der Waals surface area contributed by atoms with Crippen molar-refractivity contribution in [3.05, 3.63) is 63.7 Å². The molecule has 4 nitrogen and oxygen atoms in total. The number of hydrogen-bond donors (Lipinski definition) is 0. The maximum Gasteiger partial charge on any atom is 0.266 e. The van der Waals surface area contributed by atoms with E-state index in [0.29, 0.717) is 21.7 Å². The molecule has 1 heterocycles. The topological polar surface area (TPSA) is 58.7 Å². The Labute approximate surface area is 146 Å². The van der Waals surface area contributed by atoms with Crippen molar-refractivity contribution in [1.29, 1.82) is 5.26 Å². The molecule has 1 atom stereocenters. The molecule has 0 radical (unpaired) electrons. The summed E-state index contributed by atoms with van der Waals surface area (Å²) in [5.74, 6) is -0.568. The van der Waals surface area contributed by atoms with Crippen LogP contribution in [0.15, 0.2) is 52.4 Å². The Kier molecular flexibility index (Phi) is 4.56. The van der Waals surface area contributed by atoms with Gasteiger partial charge in [-0.05, 0) is 37.3 Å². The first-order chi connectivity index (χ1) is 11.5. The Bertz CT molecular complexity index is 1030. The number of rotatable bonds is 3. The summed E-state index contributed by atoms with van der Waals surface area (Å²) < 4.78 is 14.8. The highest BCUT2D eigenvalue weighted by Gasteiger charge is 2.16. The van der Waals surface area contributed by atoms with Gasteiger partial charge in [0.15, 0.2) is 5.16 Å². The fourth-order valence-electron chi connectivity index (χ4n) is 2.23. The van der Waals surface area contributed by atoms with E-state index < -0.39 is 11.1 Å². The highest BCUT2D eigenvalue weighted by atomic mass is 35.5. The van der Waals surface area contributed by atoms with Crippen molar-refractivity contribution in [2.75, 3.05) is 0 Å². The predicted molar refractivity (Wildman–Crippen MR) is 93.2 cm³/mol. The van der Waals surface area contributed by atoms with Gasteiger partial charge < -0.3 is 0 Å². The monoisotopic (exact) mass is 359 g/mol. The molecular formula is C17H11ClFN3OS.